The molecule has 0 aliphatic carbocycles. The Morgan fingerprint density at radius 2 is 2.29 bits per heavy atom. The van der Waals surface area contributed by atoms with Crippen LogP contribution in [0.15, 0.2) is 23.6 Å². The third kappa shape index (κ3) is 2.76. The van der Waals surface area contributed by atoms with Gasteiger partial charge in [-0.25, -0.2) is 0 Å². The van der Waals surface area contributed by atoms with Crippen LogP contribution in [-0.4, -0.2) is 14.9 Å². The molecule has 1 unspecified atom stereocenters. The van der Waals surface area contributed by atoms with Gasteiger partial charge in [0.25, 0.3) is 0 Å². The molecule has 0 fully saturated rings. The molecule has 92 valence electrons. The van der Waals surface area contributed by atoms with Crippen LogP contribution >= 0.6 is 11.3 Å². The largest absolute Gasteiger partial charge is 0.387 e. The molecule has 2 rings (SSSR count). The quantitative estimate of drug-likeness (QED) is 0.886. The Morgan fingerprint density at radius 3 is 2.88 bits per heavy atom. The molecule has 0 spiro atoms. The van der Waals surface area contributed by atoms with Crippen LogP contribution in [0.5, 0.6) is 0 Å². The van der Waals surface area contributed by atoms with Gasteiger partial charge in [-0.05, 0) is 30.9 Å². The zero-order chi connectivity index (χ0) is 12.3. The maximum absolute atomic E-state index is 10.1. The summed E-state index contributed by atoms with van der Waals surface area (Å²) in [7, 11) is 0. The van der Waals surface area contributed by atoms with Crippen LogP contribution in [0.25, 0.3) is 0 Å². The number of nitrogens with zero attached hydrogens (tertiary/aromatic N) is 2. The molecule has 0 aliphatic rings. The molecule has 3 nitrogen and oxygen atoms in total. The van der Waals surface area contributed by atoms with Gasteiger partial charge in [-0.2, -0.15) is 5.10 Å². The molecule has 1 atom stereocenters. The lowest BCUT2D eigenvalue weighted by atomic mass is 10.1. The number of aliphatic hydroxyl groups is 1. The van der Waals surface area contributed by atoms with E-state index in [9.17, 15) is 5.11 Å². The predicted octanol–water partition coefficient (Wildman–Crippen LogP) is 2.80. The average molecular weight is 250 g/mol. The SMILES string of the molecule is CCc1cc(CC(O)c2cccs2)n(CC)n1. The summed E-state index contributed by atoms with van der Waals surface area (Å²) in [5, 5.41) is 16.6. The summed E-state index contributed by atoms with van der Waals surface area (Å²) in [5.74, 6) is 0. The molecule has 2 aromatic rings. The van der Waals surface area contributed by atoms with Crippen molar-refractivity contribution >= 4 is 11.3 Å². The van der Waals surface area contributed by atoms with Crippen LogP contribution < -0.4 is 0 Å². The summed E-state index contributed by atoms with van der Waals surface area (Å²) in [6.07, 6.45) is 1.16. The highest BCUT2D eigenvalue weighted by Gasteiger charge is 2.13. The first-order chi connectivity index (χ1) is 8.24. The molecular weight excluding hydrogens is 232 g/mol. The van der Waals surface area contributed by atoms with Crippen molar-refractivity contribution in [3.63, 3.8) is 0 Å². The first-order valence-corrected chi connectivity index (χ1v) is 6.89. The standard InChI is InChI=1S/C13H18N2OS/c1-3-10-8-11(15(4-2)14-10)9-12(16)13-6-5-7-17-13/h5-8,12,16H,3-4,9H2,1-2H3. The van der Waals surface area contributed by atoms with Crippen molar-refractivity contribution in [2.45, 2.75) is 39.3 Å². The van der Waals surface area contributed by atoms with Gasteiger partial charge in [-0.1, -0.05) is 13.0 Å². The number of aliphatic hydroxyl groups excluding tert-OH is 1. The van der Waals surface area contributed by atoms with Gasteiger partial charge in [-0.3, -0.25) is 4.68 Å². The molecule has 0 aromatic carbocycles. The number of rotatable bonds is 5. The van der Waals surface area contributed by atoms with Gasteiger partial charge in [0.15, 0.2) is 0 Å². The van der Waals surface area contributed by atoms with Gasteiger partial charge in [0.05, 0.1) is 11.8 Å². The van der Waals surface area contributed by atoms with Crippen LogP contribution in [0, 0.1) is 0 Å². The number of hydrogen-bond donors (Lipinski definition) is 1. The number of aromatic nitrogens is 2. The van der Waals surface area contributed by atoms with E-state index in [-0.39, 0.29) is 0 Å². The molecule has 4 heteroatoms. The molecule has 17 heavy (non-hydrogen) atoms. The van der Waals surface area contributed by atoms with E-state index < -0.39 is 6.10 Å². The Labute approximate surface area is 106 Å². The summed E-state index contributed by atoms with van der Waals surface area (Å²) >= 11 is 1.60. The fourth-order valence-electron chi connectivity index (χ4n) is 1.91. The van der Waals surface area contributed by atoms with E-state index in [1.54, 1.807) is 11.3 Å². The summed E-state index contributed by atoms with van der Waals surface area (Å²) in [5.41, 5.74) is 2.21. The smallest absolute Gasteiger partial charge is 0.0937 e. The van der Waals surface area contributed by atoms with Crippen LogP contribution in [-0.2, 0) is 19.4 Å². The number of thiophene rings is 1. The van der Waals surface area contributed by atoms with Gasteiger partial charge < -0.3 is 5.11 Å². The molecule has 0 radical (unpaired) electrons. The minimum Gasteiger partial charge on any atom is -0.387 e. The predicted molar refractivity (Wildman–Crippen MR) is 70.3 cm³/mol. The zero-order valence-corrected chi connectivity index (χ0v) is 11.1. The molecule has 0 amide bonds. The van der Waals surface area contributed by atoms with Gasteiger partial charge in [0.2, 0.25) is 0 Å². The maximum Gasteiger partial charge on any atom is 0.0937 e. The third-order valence-corrected chi connectivity index (χ3v) is 3.82. The summed E-state index contributed by atoms with van der Waals surface area (Å²) in [6, 6.07) is 6.04. The highest BCUT2D eigenvalue weighted by atomic mass is 32.1. The van der Waals surface area contributed by atoms with E-state index in [1.807, 2.05) is 22.2 Å². The Bertz CT molecular complexity index is 462. The van der Waals surface area contributed by atoms with Crippen LogP contribution in [0.3, 0.4) is 0 Å². The minimum atomic E-state index is -0.415. The second kappa shape index (κ2) is 5.47. The Hall–Kier alpha value is -1.13. The highest BCUT2D eigenvalue weighted by molar-refractivity contribution is 7.10. The molecule has 0 saturated heterocycles. The van der Waals surface area contributed by atoms with Crippen LogP contribution in [0.2, 0.25) is 0 Å². The minimum absolute atomic E-state index is 0.415. The van der Waals surface area contributed by atoms with Crippen molar-refractivity contribution in [1.82, 2.24) is 9.78 Å². The van der Waals surface area contributed by atoms with E-state index in [0.29, 0.717) is 6.42 Å². The third-order valence-electron chi connectivity index (χ3n) is 2.85. The van der Waals surface area contributed by atoms with Gasteiger partial charge >= 0.3 is 0 Å². The summed E-state index contributed by atoms with van der Waals surface area (Å²) in [6.45, 7) is 5.03. The maximum atomic E-state index is 10.1. The van der Waals surface area contributed by atoms with Gasteiger partial charge in [-0.15, -0.1) is 11.3 Å². The molecule has 2 heterocycles. The van der Waals surface area contributed by atoms with Gasteiger partial charge in [0, 0.05) is 23.5 Å². The fourth-order valence-corrected chi connectivity index (χ4v) is 2.62. The summed E-state index contributed by atoms with van der Waals surface area (Å²) in [4.78, 5) is 1.02. The second-order valence-electron chi connectivity index (χ2n) is 4.03. The lowest BCUT2D eigenvalue weighted by molar-refractivity contribution is 0.179. The Morgan fingerprint density at radius 1 is 1.47 bits per heavy atom. The lowest BCUT2D eigenvalue weighted by Crippen LogP contribution is -2.07. The van der Waals surface area contributed by atoms with Gasteiger partial charge in [0.1, 0.15) is 0 Å². The molecule has 2 aromatic heterocycles. The van der Waals surface area contributed by atoms with Crippen molar-refractivity contribution in [1.29, 1.82) is 0 Å². The first kappa shape index (κ1) is 12.3. The highest BCUT2D eigenvalue weighted by Crippen LogP contribution is 2.23. The van der Waals surface area contributed by atoms with E-state index in [0.717, 1.165) is 29.2 Å². The molecule has 0 aliphatic heterocycles. The summed E-state index contributed by atoms with van der Waals surface area (Å²) < 4.78 is 1.98. The lowest BCUT2D eigenvalue weighted by Gasteiger charge is -2.09. The number of hydrogen-bond acceptors (Lipinski definition) is 3. The van der Waals surface area contributed by atoms with Crippen molar-refractivity contribution < 1.29 is 5.11 Å². The fraction of sp³-hybridized carbons (Fsp3) is 0.462. The molecular formula is C13H18N2OS. The number of aryl methyl sites for hydroxylation is 2. The first-order valence-electron chi connectivity index (χ1n) is 6.01. The normalized spacial score (nSPS) is 12.9. The average Bonchev–Trinajstić information content (AvgIpc) is 2.97. The van der Waals surface area contributed by atoms with Crippen LogP contribution in [0.4, 0.5) is 0 Å². The van der Waals surface area contributed by atoms with Crippen molar-refractivity contribution in [3.8, 4) is 0 Å². The van der Waals surface area contributed by atoms with Crippen LogP contribution in [0.1, 0.15) is 36.2 Å². The van der Waals surface area contributed by atoms with E-state index in [4.69, 9.17) is 0 Å². The van der Waals surface area contributed by atoms with E-state index in [1.165, 1.54) is 0 Å². The molecule has 1 N–H and O–H groups in total. The molecule has 0 saturated carbocycles. The Kier molecular flexibility index (Phi) is 3.97. The second-order valence-corrected chi connectivity index (χ2v) is 5.01. The monoisotopic (exact) mass is 250 g/mol. The van der Waals surface area contributed by atoms with Crippen molar-refractivity contribution in [2.24, 2.45) is 0 Å². The van der Waals surface area contributed by atoms with E-state index in [2.05, 4.69) is 25.0 Å². The van der Waals surface area contributed by atoms with Crippen molar-refractivity contribution in [3.05, 3.63) is 39.8 Å². The topological polar surface area (TPSA) is 38.0 Å². The van der Waals surface area contributed by atoms with Crippen molar-refractivity contribution in [2.75, 3.05) is 0 Å². The molecule has 0 bridgehead atoms. The Balaban J connectivity index is 2.15. The van der Waals surface area contributed by atoms with E-state index >= 15 is 0 Å². The zero-order valence-electron chi connectivity index (χ0n) is 10.3.